The number of aromatic nitrogens is 3. The molecule has 1 aromatic heterocycles. The molecule has 0 aromatic carbocycles. The third-order valence-electron chi connectivity index (χ3n) is 3.23. The third-order valence-corrected chi connectivity index (χ3v) is 3.23. The van der Waals surface area contributed by atoms with Crippen LogP contribution in [0, 0.1) is 5.41 Å². The molecule has 1 fully saturated rings. The van der Waals surface area contributed by atoms with Crippen molar-refractivity contribution >= 4 is 0 Å². The van der Waals surface area contributed by atoms with Gasteiger partial charge in [0.25, 0.3) is 0 Å². The Morgan fingerprint density at radius 3 is 3.07 bits per heavy atom. The predicted octanol–water partition coefficient (Wildman–Crippen LogP) is -0.280. The quantitative estimate of drug-likeness (QED) is 0.720. The monoisotopic (exact) mass is 210 g/mol. The van der Waals surface area contributed by atoms with Crippen LogP contribution in [0.2, 0.25) is 0 Å². The lowest BCUT2D eigenvalue weighted by molar-refractivity contribution is 0.0918. The van der Waals surface area contributed by atoms with Gasteiger partial charge in [-0.05, 0) is 19.4 Å². The lowest BCUT2D eigenvalue weighted by Crippen LogP contribution is -2.44. The number of nitrogens with one attached hydrogen (secondary N) is 1. The number of aliphatic hydroxyl groups excluding tert-OH is 1. The SMILES string of the molecule is Cn1ncnc1CC1(CO)CCCNC1. The molecule has 1 aliphatic heterocycles. The minimum atomic E-state index is -0.0426. The molecule has 0 saturated carbocycles. The summed E-state index contributed by atoms with van der Waals surface area (Å²) in [6, 6.07) is 0. The summed E-state index contributed by atoms with van der Waals surface area (Å²) in [5.41, 5.74) is -0.0426. The Bertz CT molecular complexity index is 317. The number of rotatable bonds is 3. The smallest absolute Gasteiger partial charge is 0.138 e. The van der Waals surface area contributed by atoms with E-state index in [2.05, 4.69) is 15.4 Å². The number of hydrogen-bond acceptors (Lipinski definition) is 4. The minimum absolute atomic E-state index is 0.0426. The van der Waals surface area contributed by atoms with Gasteiger partial charge in [-0.2, -0.15) is 5.10 Å². The summed E-state index contributed by atoms with van der Waals surface area (Å²) in [7, 11) is 1.89. The molecule has 0 bridgehead atoms. The zero-order valence-electron chi connectivity index (χ0n) is 9.11. The second-order valence-corrected chi connectivity index (χ2v) is 4.42. The highest BCUT2D eigenvalue weighted by atomic mass is 16.3. The van der Waals surface area contributed by atoms with Crippen molar-refractivity contribution in [2.45, 2.75) is 19.3 Å². The van der Waals surface area contributed by atoms with Crippen LogP contribution in [0.5, 0.6) is 0 Å². The average Bonchev–Trinajstić information content (AvgIpc) is 2.66. The van der Waals surface area contributed by atoms with Crippen molar-refractivity contribution in [1.82, 2.24) is 20.1 Å². The van der Waals surface area contributed by atoms with E-state index in [1.165, 1.54) is 0 Å². The molecule has 5 nitrogen and oxygen atoms in total. The number of aryl methyl sites for hydroxylation is 1. The van der Waals surface area contributed by atoms with Crippen molar-refractivity contribution in [3.63, 3.8) is 0 Å². The van der Waals surface area contributed by atoms with Crippen molar-refractivity contribution < 1.29 is 5.11 Å². The van der Waals surface area contributed by atoms with E-state index in [1.807, 2.05) is 7.05 Å². The normalized spacial score (nSPS) is 26.8. The second-order valence-electron chi connectivity index (χ2n) is 4.42. The molecule has 5 heteroatoms. The Labute approximate surface area is 89.5 Å². The molecule has 1 aromatic rings. The van der Waals surface area contributed by atoms with Crippen LogP contribution in [0.1, 0.15) is 18.7 Å². The summed E-state index contributed by atoms with van der Waals surface area (Å²) in [5.74, 6) is 0.952. The first-order valence-electron chi connectivity index (χ1n) is 5.40. The molecule has 1 aliphatic rings. The lowest BCUT2D eigenvalue weighted by atomic mass is 9.78. The van der Waals surface area contributed by atoms with Crippen LogP contribution in [0.3, 0.4) is 0 Å². The highest BCUT2D eigenvalue weighted by Gasteiger charge is 2.32. The molecule has 1 atom stereocenters. The van der Waals surface area contributed by atoms with Crippen LogP contribution in [-0.4, -0.2) is 39.6 Å². The molecular weight excluding hydrogens is 192 g/mol. The van der Waals surface area contributed by atoms with Gasteiger partial charge in [-0.15, -0.1) is 0 Å². The molecule has 0 spiro atoms. The zero-order valence-corrected chi connectivity index (χ0v) is 9.11. The Morgan fingerprint density at radius 1 is 1.67 bits per heavy atom. The molecule has 0 radical (unpaired) electrons. The predicted molar refractivity (Wildman–Crippen MR) is 56.3 cm³/mol. The van der Waals surface area contributed by atoms with Crippen LogP contribution in [0.25, 0.3) is 0 Å². The van der Waals surface area contributed by atoms with Crippen molar-refractivity contribution in [3.8, 4) is 0 Å². The Kier molecular flexibility index (Phi) is 3.02. The fraction of sp³-hybridized carbons (Fsp3) is 0.800. The van der Waals surface area contributed by atoms with Crippen LogP contribution < -0.4 is 5.32 Å². The van der Waals surface area contributed by atoms with Gasteiger partial charge in [0, 0.05) is 25.4 Å². The van der Waals surface area contributed by atoms with E-state index in [1.54, 1.807) is 11.0 Å². The molecule has 1 saturated heterocycles. The maximum Gasteiger partial charge on any atom is 0.138 e. The van der Waals surface area contributed by atoms with Gasteiger partial charge in [0.05, 0.1) is 6.61 Å². The second kappa shape index (κ2) is 4.28. The van der Waals surface area contributed by atoms with Crippen LogP contribution >= 0.6 is 0 Å². The van der Waals surface area contributed by atoms with Crippen LogP contribution in [0.4, 0.5) is 0 Å². The van der Waals surface area contributed by atoms with Gasteiger partial charge in [0.1, 0.15) is 12.2 Å². The average molecular weight is 210 g/mol. The largest absolute Gasteiger partial charge is 0.396 e. The van der Waals surface area contributed by atoms with Gasteiger partial charge in [0.2, 0.25) is 0 Å². The summed E-state index contributed by atoms with van der Waals surface area (Å²) in [6.45, 7) is 2.14. The number of hydrogen-bond donors (Lipinski definition) is 2. The first-order valence-corrected chi connectivity index (χ1v) is 5.40. The summed E-state index contributed by atoms with van der Waals surface area (Å²) < 4.78 is 1.78. The van der Waals surface area contributed by atoms with Crippen LogP contribution in [-0.2, 0) is 13.5 Å². The minimum Gasteiger partial charge on any atom is -0.396 e. The van der Waals surface area contributed by atoms with E-state index in [0.29, 0.717) is 0 Å². The van der Waals surface area contributed by atoms with E-state index in [9.17, 15) is 5.11 Å². The van der Waals surface area contributed by atoms with Gasteiger partial charge in [-0.3, -0.25) is 4.68 Å². The molecular formula is C10H18N4O. The van der Waals surface area contributed by atoms with Crippen molar-refractivity contribution in [3.05, 3.63) is 12.2 Å². The standard InChI is InChI=1S/C10H18N4O/c1-14-9(12-8-13-14)5-10(7-15)3-2-4-11-6-10/h8,11,15H,2-7H2,1H3. The fourth-order valence-corrected chi connectivity index (χ4v) is 2.19. The molecule has 15 heavy (non-hydrogen) atoms. The van der Waals surface area contributed by atoms with Crippen LogP contribution in [0.15, 0.2) is 6.33 Å². The summed E-state index contributed by atoms with van der Waals surface area (Å²) in [5, 5.41) is 16.9. The zero-order chi connectivity index (χ0) is 10.7. The lowest BCUT2D eigenvalue weighted by Gasteiger charge is -2.35. The molecule has 0 aliphatic carbocycles. The van der Waals surface area contributed by atoms with Gasteiger partial charge in [-0.1, -0.05) is 0 Å². The van der Waals surface area contributed by atoms with Gasteiger partial charge < -0.3 is 10.4 Å². The van der Waals surface area contributed by atoms with Crippen molar-refractivity contribution in [2.24, 2.45) is 12.5 Å². The fourth-order valence-electron chi connectivity index (χ4n) is 2.19. The van der Waals surface area contributed by atoms with E-state index in [-0.39, 0.29) is 12.0 Å². The molecule has 0 amide bonds. The number of nitrogens with zero attached hydrogens (tertiary/aromatic N) is 3. The highest BCUT2D eigenvalue weighted by molar-refractivity contribution is 4.96. The van der Waals surface area contributed by atoms with E-state index in [4.69, 9.17) is 0 Å². The molecule has 2 rings (SSSR count). The Balaban J connectivity index is 2.10. The van der Waals surface area contributed by atoms with E-state index in [0.717, 1.165) is 38.2 Å². The number of aliphatic hydroxyl groups is 1. The van der Waals surface area contributed by atoms with Crippen molar-refractivity contribution in [2.75, 3.05) is 19.7 Å². The number of piperidine rings is 1. The van der Waals surface area contributed by atoms with Gasteiger partial charge in [-0.25, -0.2) is 4.98 Å². The van der Waals surface area contributed by atoms with Gasteiger partial charge in [0.15, 0.2) is 0 Å². The van der Waals surface area contributed by atoms with Crippen molar-refractivity contribution in [1.29, 1.82) is 0 Å². The Morgan fingerprint density at radius 2 is 2.53 bits per heavy atom. The van der Waals surface area contributed by atoms with E-state index < -0.39 is 0 Å². The molecule has 2 heterocycles. The topological polar surface area (TPSA) is 63.0 Å². The van der Waals surface area contributed by atoms with Gasteiger partial charge >= 0.3 is 0 Å². The van der Waals surface area contributed by atoms with E-state index >= 15 is 0 Å². The Hall–Kier alpha value is -0.940. The summed E-state index contributed by atoms with van der Waals surface area (Å²) >= 11 is 0. The maximum absolute atomic E-state index is 9.53. The summed E-state index contributed by atoms with van der Waals surface area (Å²) in [6.07, 6.45) is 4.55. The third kappa shape index (κ3) is 2.18. The molecule has 2 N–H and O–H groups in total. The molecule has 84 valence electrons. The first kappa shape index (κ1) is 10.6. The summed E-state index contributed by atoms with van der Waals surface area (Å²) in [4.78, 5) is 4.22. The first-order chi connectivity index (χ1) is 7.26. The molecule has 1 unspecified atom stereocenters. The maximum atomic E-state index is 9.53. The highest BCUT2D eigenvalue weighted by Crippen LogP contribution is 2.29.